The first-order valence-corrected chi connectivity index (χ1v) is 39.6. The number of para-hydroxylation sites is 3. The van der Waals surface area contributed by atoms with Crippen LogP contribution in [0.25, 0.3) is 168 Å². The van der Waals surface area contributed by atoms with Crippen LogP contribution >= 0.6 is 0 Å². The fraction of sp³-hybridized carbons (Fsp3) is 0.0185. The molecule has 17 aromatic carbocycles. The highest BCUT2D eigenvalue weighted by molar-refractivity contribution is 6.07. The Balaban J connectivity index is 0.586. The van der Waals surface area contributed by atoms with E-state index < -0.39 is 10.8 Å². The molecule has 0 fully saturated rings. The molecule has 2 spiro atoms. The highest BCUT2D eigenvalue weighted by atomic mass is 16.5. The summed E-state index contributed by atoms with van der Waals surface area (Å²) in [7, 11) is 0. The van der Waals surface area contributed by atoms with Crippen molar-refractivity contribution in [3.8, 4) is 158 Å². The molecule has 20 aromatic rings. The molecule has 1 unspecified atom stereocenters. The number of nitrogens with zero attached hydrogens (tertiary/aromatic N) is 6. The van der Waals surface area contributed by atoms with E-state index in [0.717, 1.165) is 156 Å². The van der Waals surface area contributed by atoms with Gasteiger partial charge in [-0.3, -0.25) is 0 Å². The van der Waals surface area contributed by atoms with E-state index in [1.807, 2.05) is 78.9 Å². The van der Waals surface area contributed by atoms with Crippen molar-refractivity contribution in [1.82, 2.24) is 29.9 Å². The van der Waals surface area contributed by atoms with Gasteiger partial charge in [-0.1, -0.05) is 328 Å². The van der Waals surface area contributed by atoms with Crippen molar-refractivity contribution in [3.63, 3.8) is 0 Å². The molecule has 0 bridgehead atoms. The Morgan fingerprint density at radius 1 is 0.162 bits per heavy atom. The maximum atomic E-state index is 7.18. The SMILES string of the molecule is c1ccc(-c2nc(-c3ccc4c(c3)oc3ccccc34)nc(-c3ccccc3-c3ccc4c(c3)Oc3ccccc3C43c4ccccc4-c4cc(-c5cccc(-c6ccc(-c7nc(-c8ccccc8)nc(-c8ccccc8-c8ccc9c(c8)Oc8ccccc8C98c9ccccc9-c9ccccc98)n7)c7ccccc67)c5)ccc43)n2)cc1. The number of ether oxygens (including phenoxy) is 2. The number of hydrogen-bond donors (Lipinski definition) is 0. The number of furan rings is 1. The smallest absolute Gasteiger partial charge is 0.164 e. The van der Waals surface area contributed by atoms with E-state index in [1.165, 1.54) is 44.5 Å². The van der Waals surface area contributed by atoms with Gasteiger partial charge >= 0.3 is 0 Å². The molecule has 9 nitrogen and oxygen atoms in total. The quantitative estimate of drug-likeness (QED) is 0.132. The molecule has 3 aromatic heterocycles. The molecule has 117 heavy (non-hydrogen) atoms. The lowest BCUT2D eigenvalue weighted by Gasteiger charge is -2.39. The van der Waals surface area contributed by atoms with Gasteiger partial charge in [0.05, 0.1) is 10.8 Å². The Morgan fingerprint density at radius 3 is 1.09 bits per heavy atom. The Hall–Kier alpha value is -15.6. The molecule has 2 aliphatic heterocycles. The molecular formula is C108H64N6O3. The van der Waals surface area contributed by atoms with Crippen LogP contribution in [0.4, 0.5) is 0 Å². The molecule has 0 radical (unpaired) electrons. The van der Waals surface area contributed by atoms with Gasteiger partial charge in [0.1, 0.15) is 34.2 Å². The fourth-order valence-electron chi connectivity index (χ4n) is 19.3. The maximum absolute atomic E-state index is 7.18. The lowest BCUT2D eigenvalue weighted by molar-refractivity contribution is 0.436. The average molecular weight is 1490 g/mol. The minimum Gasteiger partial charge on any atom is -0.457 e. The average Bonchev–Trinajstić information content (AvgIpc) is 1.55. The summed E-state index contributed by atoms with van der Waals surface area (Å²) in [5, 5.41) is 4.21. The van der Waals surface area contributed by atoms with Crippen LogP contribution in [0.2, 0.25) is 0 Å². The Bertz CT molecular complexity index is 7510. The minimum absolute atomic E-state index is 0.546. The monoisotopic (exact) mass is 1490 g/mol. The van der Waals surface area contributed by atoms with Crippen molar-refractivity contribution >= 4 is 32.7 Å². The van der Waals surface area contributed by atoms with Crippen LogP contribution in [0.3, 0.4) is 0 Å². The van der Waals surface area contributed by atoms with E-state index in [1.54, 1.807) is 0 Å². The number of benzene rings is 17. The second-order valence-corrected chi connectivity index (χ2v) is 30.5. The highest BCUT2D eigenvalue weighted by Gasteiger charge is 2.53. The normalized spacial score (nSPS) is 14.1. The zero-order chi connectivity index (χ0) is 76.9. The molecular weight excluding hydrogens is 1430 g/mol. The molecule has 0 amide bonds. The fourth-order valence-corrected chi connectivity index (χ4v) is 19.3. The van der Waals surface area contributed by atoms with Gasteiger partial charge in [-0.15, -0.1) is 0 Å². The van der Waals surface area contributed by atoms with Crippen LogP contribution in [-0.2, 0) is 10.8 Å². The Kier molecular flexibility index (Phi) is 14.7. The van der Waals surface area contributed by atoms with Gasteiger partial charge in [0.25, 0.3) is 0 Å². The highest BCUT2D eigenvalue weighted by Crippen LogP contribution is 2.65. The number of aromatic nitrogens is 6. The van der Waals surface area contributed by atoms with E-state index in [0.29, 0.717) is 34.9 Å². The van der Waals surface area contributed by atoms with Crippen molar-refractivity contribution in [1.29, 1.82) is 0 Å². The van der Waals surface area contributed by atoms with Crippen molar-refractivity contribution in [2.45, 2.75) is 10.8 Å². The minimum atomic E-state index is -0.721. The zero-order valence-corrected chi connectivity index (χ0v) is 62.9. The third kappa shape index (κ3) is 10.1. The molecule has 9 heteroatoms. The van der Waals surface area contributed by atoms with Gasteiger partial charge in [0, 0.05) is 66.4 Å². The predicted molar refractivity (Wildman–Crippen MR) is 467 cm³/mol. The summed E-state index contributed by atoms with van der Waals surface area (Å²) >= 11 is 0. The molecule has 544 valence electrons. The van der Waals surface area contributed by atoms with E-state index in [-0.39, 0.29) is 0 Å². The van der Waals surface area contributed by atoms with Crippen molar-refractivity contribution in [2.75, 3.05) is 0 Å². The van der Waals surface area contributed by atoms with Gasteiger partial charge in [-0.2, -0.15) is 0 Å². The first kappa shape index (κ1) is 66.1. The van der Waals surface area contributed by atoms with Crippen LogP contribution in [-0.4, -0.2) is 29.9 Å². The summed E-state index contributed by atoms with van der Waals surface area (Å²) in [5.74, 6) is 6.62. The van der Waals surface area contributed by atoms with Crippen LogP contribution in [0.1, 0.15) is 44.5 Å². The van der Waals surface area contributed by atoms with Crippen molar-refractivity contribution < 1.29 is 13.9 Å². The molecule has 0 saturated carbocycles. The summed E-state index contributed by atoms with van der Waals surface area (Å²) in [6, 6.07) is 138. The van der Waals surface area contributed by atoms with Gasteiger partial charge in [-0.05, 0) is 160 Å². The second-order valence-electron chi connectivity index (χ2n) is 30.5. The molecule has 1 atom stereocenters. The van der Waals surface area contributed by atoms with E-state index in [2.05, 4.69) is 309 Å². The summed E-state index contributed by atoms with van der Waals surface area (Å²) in [6.45, 7) is 0. The second kappa shape index (κ2) is 26.0. The summed E-state index contributed by atoms with van der Waals surface area (Å²) in [5.41, 5.74) is 27.9. The van der Waals surface area contributed by atoms with Crippen LogP contribution < -0.4 is 9.47 Å². The van der Waals surface area contributed by atoms with E-state index in [4.69, 9.17) is 43.8 Å². The molecule has 0 saturated heterocycles. The van der Waals surface area contributed by atoms with Gasteiger partial charge in [-0.25, -0.2) is 29.9 Å². The third-order valence-electron chi connectivity index (χ3n) is 24.4. The zero-order valence-electron chi connectivity index (χ0n) is 62.9. The largest absolute Gasteiger partial charge is 0.457 e. The van der Waals surface area contributed by atoms with E-state index in [9.17, 15) is 0 Å². The van der Waals surface area contributed by atoms with E-state index >= 15 is 0 Å². The molecule has 2 aliphatic carbocycles. The Labute approximate surface area is 673 Å². The van der Waals surface area contributed by atoms with Crippen LogP contribution in [0.15, 0.2) is 393 Å². The van der Waals surface area contributed by atoms with Crippen molar-refractivity contribution in [2.24, 2.45) is 0 Å². The molecule has 5 heterocycles. The van der Waals surface area contributed by atoms with Crippen LogP contribution in [0, 0.1) is 0 Å². The summed E-state index contributed by atoms with van der Waals surface area (Å²) in [6.07, 6.45) is 0. The maximum Gasteiger partial charge on any atom is 0.164 e. The third-order valence-corrected chi connectivity index (χ3v) is 24.4. The predicted octanol–water partition coefficient (Wildman–Crippen LogP) is 26.7. The summed E-state index contributed by atoms with van der Waals surface area (Å²) < 4.78 is 20.6. The number of rotatable bonds is 10. The van der Waals surface area contributed by atoms with Gasteiger partial charge in [0.15, 0.2) is 34.9 Å². The number of fused-ring (bicyclic) bond motifs is 22. The Morgan fingerprint density at radius 2 is 0.513 bits per heavy atom. The molecule has 24 rings (SSSR count). The molecule has 0 N–H and O–H groups in total. The van der Waals surface area contributed by atoms with Gasteiger partial charge < -0.3 is 13.9 Å². The lowest BCUT2D eigenvalue weighted by Crippen LogP contribution is -2.32. The lowest BCUT2D eigenvalue weighted by atomic mass is 9.66. The first-order valence-electron chi connectivity index (χ1n) is 39.6. The number of hydrogen-bond acceptors (Lipinski definition) is 9. The summed E-state index contributed by atoms with van der Waals surface area (Å²) in [4.78, 5) is 31.9. The topological polar surface area (TPSA) is 109 Å². The molecule has 4 aliphatic rings. The standard InChI is InChI=1S/C108H64N6O3/c1-3-26-65(27-4-1)101-109-103(72-50-54-82-81-39-16-22-47-95(81)115-98(82)64-72)113-104(110-101)83-40-11-7-32-73(83)70-53-59-94-100(63-70)117-97-49-24-21-46-92(97)108(94)89-44-19-15-38-80(89)86-61-68(51-57-90(86)108)67-30-25-31-69(60-67)75-55-56-85(77-35-10-9-34-76(75)77)106-112-102(66-28-5-2-6-29-66)111-105(114-106)84-41-12-8-33-74(84)71-52-58-93-99(62-71)116-96-48-23-20-45-91(96)107(93)87-42-17-13-36-78(87)79-37-14-18-43-88(79)107/h1-64H. The van der Waals surface area contributed by atoms with Crippen LogP contribution in [0.5, 0.6) is 23.0 Å². The van der Waals surface area contributed by atoms with Gasteiger partial charge in [0.2, 0.25) is 0 Å². The first-order chi connectivity index (χ1) is 58.0. The van der Waals surface area contributed by atoms with Crippen molar-refractivity contribution in [3.05, 3.63) is 433 Å².